The van der Waals surface area contributed by atoms with E-state index in [1.165, 1.54) is 0 Å². The first-order chi connectivity index (χ1) is 14.0. The molecular formula is C23H28N4O2. The van der Waals surface area contributed by atoms with Crippen LogP contribution in [0.25, 0.3) is 11.0 Å². The zero-order valence-corrected chi connectivity index (χ0v) is 17.3. The highest BCUT2D eigenvalue weighted by atomic mass is 16.2. The number of carbonyl (C=O) groups is 2. The minimum atomic E-state index is -0.344. The molecule has 0 aliphatic rings. The van der Waals surface area contributed by atoms with Gasteiger partial charge in [-0.3, -0.25) is 9.59 Å². The van der Waals surface area contributed by atoms with Crippen LogP contribution in [-0.2, 0) is 11.3 Å². The van der Waals surface area contributed by atoms with Crippen LogP contribution in [0.5, 0.6) is 0 Å². The van der Waals surface area contributed by atoms with Crippen molar-refractivity contribution in [3.05, 3.63) is 66.0 Å². The van der Waals surface area contributed by atoms with Crippen LogP contribution in [0.4, 0.5) is 0 Å². The van der Waals surface area contributed by atoms with E-state index in [4.69, 9.17) is 4.98 Å². The van der Waals surface area contributed by atoms with Gasteiger partial charge in [-0.05, 0) is 37.6 Å². The number of amides is 2. The van der Waals surface area contributed by atoms with Crippen molar-refractivity contribution in [3.8, 4) is 0 Å². The molecule has 2 amide bonds. The summed E-state index contributed by atoms with van der Waals surface area (Å²) in [5.41, 5.74) is 2.30. The molecule has 0 fully saturated rings. The van der Waals surface area contributed by atoms with Crippen LogP contribution in [0.15, 0.2) is 54.6 Å². The first-order valence-corrected chi connectivity index (χ1v) is 10.1. The summed E-state index contributed by atoms with van der Waals surface area (Å²) in [5.74, 6) is 0.542. The molecule has 1 heterocycles. The number of likely N-dealkylation sites (N-methyl/N-ethyl adjacent to an activating group) is 1. The first kappa shape index (κ1) is 20.6. The number of hydrogen-bond acceptors (Lipinski definition) is 3. The number of nitrogens with zero attached hydrogens (tertiary/aromatic N) is 3. The van der Waals surface area contributed by atoms with E-state index in [1.54, 1.807) is 17.0 Å². The largest absolute Gasteiger partial charge is 0.344 e. The lowest BCUT2D eigenvalue weighted by molar-refractivity contribution is -0.130. The van der Waals surface area contributed by atoms with Gasteiger partial charge >= 0.3 is 0 Å². The molecule has 2 aromatic carbocycles. The number of para-hydroxylation sites is 2. The van der Waals surface area contributed by atoms with Crippen molar-refractivity contribution < 1.29 is 9.59 Å². The predicted octanol–water partition coefficient (Wildman–Crippen LogP) is 3.79. The van der Waals surface area contributed by atoms with Crippen molar-refractivity contribution in [2.75, 3.05) is 13.6 Å². The van der Waals surface area contributed by atoms with E-state index in [2.05, 4.69) is 12.2 Å². The third kappa shape index (κ3) is 4.83. The highest BCUT2D eigenvalue weighted by Crippen LogP contribution is 2.21. The number of hydrogen-bond donors (Lipinski definition) is 1. The lowest BCUT2D eigenvalue weighted by Crippen LogP contribution is -2.33. The van der Waals surface area contributed by atoms with Crippen LogP contribution in [0.3, 0.4) is 0 Å². The molecule has 6 nitrogen and oxygen atoms in total. The maximum Gasteiger partial charge on any atom is 0.251 e. The maximum absolute atomic E-state index is 12.8. The summed E-state index contributed by atoms with van der Waals surface area (Å²) in [4.78, 5) is 31.8. The quantitative estimate of drug-likeness (QED) is 0.634. The van der Waals surface area contributed by atoms with Crippen LogP contribution < -0.4 is 5.32 Å². The van der Waals surface area contributed by atoms with Gasteiger partial charge in [0.2, 0.25) is 5.91 Å². The molecule has 1 unspecified atom stereocenters. The van der Waals surface area contributed by atoms with Crippen LogP contribution in [0.2, 0.25) is 0 Å². The van der Waals surface area contributed by atoms with E-state index in [0.29, 0.717) is 11.4 Å². The highest BCUT2D eigenvalue weighted by molar-refractivity contribution is 5.94. The fourth-order valence-corrected chi connectivity index (χ4v) is 3.30. The van der Waals surface area contributed by atoms with E-state index >= 15 is 0 Å². The second kappa shape index (κ2) is 9.37. The van der Waals surface area contributed by atoms with E-state index in [-0.39, 0.29) is 24.4 Å². The van der Waals surface area contributed by atoms with E-state index in [9.17, 15) is 9.59 Å². The molecule has 152 valence electrons. The van der Waals surface area contributed by atoms with Crippen molar-refractivity contribution in [2.24, 2.45) is 0 Å². The second-order valence-corrected chi connectivity index (χ2v) is 7.27. The Hall–Kier alpha value is -3.15. The smallest absolute Gasteiger partial charge is 0.251 e. The highest BCUT2D eigenvalue weighted by Gasteiger charge is 2.21. The zero-order chi connectivity index (χ0) is 20.8. The maximum atomic E-state index is 12.8. The first-order valence-electron chi connectivity index (χ1n) is 10.1. The molecule has 3 rings (SSSR count). The van der Waals surface area contributed by atoms with Gasteiger partial charge in [-0.25, -0.2) is 4.98 Å². The molecular weight excluding hydrogens is 364 g/mol. The molecule has 0 aliphatic heterocycles. The average Bonchev–Trinajstić information content (AvgIpc) is 3.11. The second-order valence-electron chi connectivity index (χ2n) is 7.27. The Bertz CT molecular complexity index is 981. The number of unbranched alkanes of at least 4 members (excludes halogenated alkanes) is 1. The number of fused-ring (bicyclic) bond motifs is 1. The normalized spacial score (nSPS) is 12.0. The van der Waals surface area contributed by atoms with Crippen molar-refractivity contribution in [2.45, 2.75) is 39.3 Å². The third-order valence-electron chi connectivity index (χ3n) is 5.02. The third-order valence-corrected chi connectivity index (χ3v) is 5.02. The van der Waals surface area contributed by atoms with Gasteiger partial charge in [0.25, 0.3) is 5.91 Å². The van der Waals surface area contributed by atoms with Crippen molar-refractivity contribution in [1.29, 1.82) is 0 Å². The predicted molar refractivity (Wildman–Crippen MR) is 115 cm³/mol. The van der Waals surface area contributed by atoms with Gasteiger partial charge < -0.3 is 14.8 Å². The number of imidazole rings is 1. The van der Waals surface area contributed by atoms with E-state index in [0.717, 1.165) is 30.4 Å². The molecule has 6 heteroatoms. The lowest BCUT2D eigenvalue weighted by atomic mass is 10.2. The summed E-state index contributed by atoms with van der Waals surface area (Å²) in [5, 5.41) is 3.00. The van der Waals surface area contributed by atoms with Gasteiger partial charge in [0.15, 0.2) is 0 Å². The molecule has 0 saturated carbocycles. The summed E-state index contributed by atoms with van der Waals surface area (Å²) in [6.45, 7) is 4.93. The van der Waals surface area contributed by atoms with Gasteiger partial charge in [-0.1, -0.05) is 43.7 Å². The molecule has 0 aliphatic carbocycles. The Balaban J connectivity index is 1.86. The SMILES string of the molecule is CCCCN(C)C(=O)Cn1c(C(C)NC(=O)c2ccccc2)nc2ccccc21. The topological polar surface area (TPSA) is 67.2 Å². The van der Waals surface area contributed by atoms with Gasteiger partial charge in [0.1, 0.15) is 12.4 Å². The average molecular weight is 393 g/mol. The number of carbonyl (C=O) groups excluding carboxylic acids is 2. The van der Waals surface area contributed by atoms with Gasteiger partial charge in [-0.15, -0.1) is 0 Å². The van der Waals surface area contributed by atoms with Crippen LogP contribution in [0.1, 0.15) is 48.9 Å². The fourth-order valence-electron chi connectivity index (χ4n) is 3.30. The Labute approximate surface area is 171 Å². The Morgan fingerprint density at radius 2 is 1.79 bits per heavy atom. The summed E-state index contributed by atoms with van der Waals surface area (Å²) in [6.07, 6.45) is 2.02. The zero-order valence-electron chi connectivity index (χ0n) is 17.3. The number of aromatic nitrogens is 2. The van der Waals surface area contributed by atoms with E-state index < -0.39 is 0 Å². The molecule has 0 bridgehead atoms. The fraction of sp³-hybridized carbons (Fsp3) is 0.348. The Morgan fingerprint density at radius 1 is 1.10 bits per heavy atom. The van der Waals surface area contributed by atoms with Crippen LogP contribution in [-0.4, -0.2) is 39.9 Å². The number of benzene rings is 2. The van der Waals surface area contributed by atoms with E-state index in [1.807, 2.05) is 61.0 Å². The van der Waals surface area contributed by atoms with Gasteiger partial charge in [0, 0.05) is 19.2 Å². The molecule has 1 atom stereocenters. The molecule has 3 aromatic rings. The number of rotatable bonds is 8. The van der Waals surface area contributed by atoms with Crippen LogP contribution in [0, 0.1) is 0 Å². The van der Waals surface area contributed by atoms with Gasteiger partial charge in [0.05, 0.1) is 17.1 Å². The summed E-state index contributed by atoms with van der Waals surface area (Å²) in [6, 6.07) is 16.5. The lowest BCUT2D eigenvalue weighted by Gasteiger charge is -2.20. The molecule has 0 radical (unpaired) electrons. The minimum absolute atomic E-state index is 0.0319. The molecule has 29 heavy (non-hydrogen) atoms. The molecule has 0 saturated heterocycles. The molecule has 1 N–H and O–H groups in total. The van der Waals surface area contributed by atoms with Crippen molar-refractivity contribution in [1.82, 2.24) is 19.8 Å². The van der Waals surface area contributed by atoms with Crippen LogP contribution >= 0.6 is 0 Å². The Kier molecular flexibility index (Phi) is 6.65. The van der Waals surface area contributed by atoms with Crippen molar-refractivity contribution in [3.63, 3.8) is 0 Å². The minimum Gasteiger partial charge on any atom is -0.344 e. The number of nitrogens with one attached hydrogen (secondary N) is 1. The molecule has 1 aromatic heterocycles. The monoisotopic (exact) mass is 392 g/mol. The van der Waals surface area contributed by atoms with Crippen molar-refractivity contribution >= 4 is 22.8 Å². The summed E-state index contributed by atoms with van der Waals surface area (Å²) < 4.78 is 1.91. The Morgan fingerprint density at radius 3 is 2.52 bits per heavy atom. The summed E-state index contributed by atoms with van der Waals surface area (Å²) in [7, 11) is 1.83. The summed E-state index contributed by atoms with van der Waals surface area (Å²) >= 11 is 0. The standard InChI is InChI=1S/C23H28N4O2/c1-4-5-15-26(3)21(28)16-27-20-14-10-9-13-19(20)25-22(27)17(2)24-23(29)18-11-7-6-8-12-18/h6-14,17H,4-5,15-16H2,1-3H3,(H,24,29). The van der Waals surface area contributed by atoms with Gasteiger partial charge in [-0.2, -0.15) is 0 Å². The molecule has 0 spiro atoms.